The number of non-ortho nitro benzene ring substituents is 2. The Balaban J connectivity index is 1.30. The Morgan fingerprint density at radius 2 is 0.906 bits per heavy atom. The summed E-state index contributed by atoms with van der Waals surface area (Å²) in [6, 6.07) is 32.2. The van der Waals surface area contributed by atoms with E-state index in [0.717, 1.165) is 12.1 Å². The SMILES string of the molecule is O=C(Nc1cc(Oc2ccc(-c3ccc(O)cc3)c(NC(=O)Oc3cccc([N+](=O)[O-])c3)c2)ccc1-c1ccc(O)cc1)Oc1cccc([N+](=O)[O-])c1. The van der Waals surface area contributed by atoms with Gasteiger partial charge in [0.15, 0.2) is 0 Å². The summed E-state index contributed by atoms with van der Waals surface area (Å²) in [5.41, 5.74) is 2.19. The molecule has 0 aromatic heterocycles. The van der Waals surface area contributed by atoms with Crippen LogP contribution >= 0.6 is 0 Å². The number of aromatic hydroxyl groups is 2. The van der Waals surface area contributed by atoms with Gasteiger partial charge in [-0.2, -0.15) is 0 Å². The average molecular weight is 715 g/mol. The fourth-order valence-electron chi connectivity index (χ4n) is 5.11. The molecule has 0 aliphatic carbocycles. The van der Waals surface area contributed by atoms with Gasteiger partial charge in [0.25, 0.3) is 11.4 Å². The van der Waals surface area contributed by atoms with Gasteiger partial charge >= 0.3 is 12.2 Å². The molecule has 0 saturated heterocycles. The molecular formula is C38H26N4O11. The van der Waals surface area contributed by atoms with Crippen LogP contribution in [0.5, 0.6) is 34.5 Å². The molecule has 264 valence electrons. The van der Waals surface area contributed by atoms with Gasteiger partial charge in [-0.1, -0.05) is 36.4 Å². The highest BCUT2D eigenvalue weighted by atomic mass is 16.6. The van der Waals surface area contributed by atoms with Crippen molar-refractivity contribution in [2.24, 2.45) is 0 Å². The number of nitrogens with zero attached hydrogens (tertiary/aromatic N) is 2. The van der Waals surface area contributed by atoms with E-state index in [1.54, 1.807) is 48.5 Å². The largest absolute Gasteiger partial charge is 0.508 e. The molecule has 0 saturated carbocycles. The van der Waals surface area contributed by atoms with Crippen LogP contribution in [0.25, 0.3) is 22.3 Å². The smallest absolute Gasteiger partial charge is 0.417 e. The molecule has 15 nitrogen and oxygen atoms in total. The van der Waals surface area contributed by atoms with Crippen molar-refractivity contribution in [1.29, 1.82) is 0 Å². The van der Waals surface area contributed by atoms with E-state index in [2.05, 4.69) is 10.6 Å². The van der Waals surface area contributed by atoms with E-state index in [1.165, 1.54) is 72.8 Å². The summed E-state index contributed by atoms with van der Waals surface area (Å²) in [4.78, 5) is 47.2. The van der Waals surface area contributed by atoms with Crippen LogP contribution in [0.15, 0.2) is 133 Å². The Morgan fingerprint density at radius 1 is 0.509 bits per heavy atom. The molecule has 0 heterocycles. The van der Waals surface area contributed by atoms with Crippen molar-refractivity contribution < 1.29 is 43.9 Å². The number of anilines is 2. The van der Waals surface area contributed by atoms with Crippen LogP contribution in [-0.4, -0.2) is 32.2 Å². The summed E-state index contributed by atoms with van der Waals surface area (Å²) in [5, 5.41) is 47.3. The molecule has 6 aromatic rings. The van der Waals surface area contributed by atoms with Crippen molar-refractivity contribution >= 4 is 34.9 Å². The predicted molar refractivity (Wildman–Crippen MR) is 193 cm³/mol. The molecule has 53 heavy (non-hydrogen) atoms. The summed E-state index contributed by atoms with van der Waals surface area (Å²) in [6.07, 6.45) is -1.90. The summed E-state index contributed by atoms with van der Waals surface area (Å²) in [5.74, 6) is 0.410. The standard InChI is InChI=1S/C38H26N4O11/c43-27-11-7-23(8-12-27)33-17-15-31(21-35(33)39-37(45)52-29-5-1-3-25(19-29)41(47)48)51-32-16-18-34(24-9-13-28(44)14-10-24)36(22-32)40-38(46)53-30-6-2-4-26(20-30)42(49)50/h1-22,43-44H,(H,39,45)(H,40,46). The molecule has 0 unspecified atom stereocenters. The molecule has 0 atom stereocenters. The number of carbonyl (C=O) groups excluding carboxylic acids is 2. The van der Waals surface area contributed by atoms with Crippen LogP contribution in [0, 0.1) is 20.2 Å². The van der Waals surface area contributed by atoms with Gasteiger partial charge in [0.1, 0.15) is 34.5 Å². The van der Waals surface area contributed by atoms with Gasteiger partial charge in [-0.25, -0.2) is 9.59 Å². The predicted octanol–water partition coefficient (Wildman–Crippen LogP) is 9.26. The molecule has 15 heteroatoms. The quantitative estimate of drug-likeness (QED) is 0.0775. The molecular weight excluding hydrogens is 688 g/mol. The average Bonchev–Trinajstić information content (AvgIpc) is 3.13. The van der Waals surface area contributed by atoms with Gasteiger partial charge in [-0.15, -0.1) is 0 Å². The van der Waals surface area contributed by atoms with Gasteiger partial charge in [-0.3, -0.25) is 30.9 Å². The zero-order valence-electron chi connectivity index (χ0n) is 27.2. The first-order valence-corrected chi connectivity index (χ1v) is 15.5. The number of amides is 2. The van der Waals surface area contributed by atoms with Crippen molar-refractivity contribution in [3.63, 3.8) is 0 Å². The Labute approximate surface area is 299 Å². The van der Waals surface area contributed by atoms with E-state index < -0.39 is 22.0 Å². The number of nitro groups is 2. The van der Waals surface area contributed by atoms with Crippen LogP contribution in [0.3, 0.4) is 0 Å². The minimum absolute atomic E-state index is 0.0300. The minimum Gasteiger partial charge on any atom is -0.508 e. The second kappa shape index (κ2) is 15.3. The molecule has 0 aliphatic rings. The lowest BCUT2D eigenvalue weighted by Crippen LogP contribution is -2.17. The monoisotopic (exact) mass is 714 g/mol. The zero-order valence-corrected chi connectivity index (χ0v) is 27.2. The number of carbonyl (C=O) groups is 2. The van der Waals surface area contributed by atoms with E-state index in [-0.39, 0.29) is 57.2 Å². The van der Waals surface area contributed by atoms with E-state index in [1.807, 2.05) is 0 Å². The molecule has 0 radical (unpaired) electrons. The number of nitro benzene ring substituents is 2. The fourth-order valence-corrected chi connectivity index (χ4v) is 5.11. The molecule has 6 aromatic carbocycles. The molecule has 0 aliphatic heterocycles. The second-order valence-electron chi connectivity index (χ2n) is 11.1. The maximum atomic E-state index is 13.0. The molecule has 6 rings (SSSR count). The maximum Gasteiger partial charge on any atom is 0.417 e. The second-order valence-corrected chi connectivity index (χ2v) is 11.1. The Hall–Kier alpha value is -7.94. The highest BCUT2D eigenvalue weighted by molar-refractivity contribution is 5.94. The van der Waals surface area contributed by atoms with Crippen molar-refractivity contribution in [3.05, 3.63) is 154 Å². The first kappa shape index (κ1) is 34.9. The van der Waals surface area contributed by atoms with Crippen LogP contribution in [-0.2, 0) is 0 Å². The summed E-state index contributed by atoms with van der Waals surface area (Å²) >= 11 is 0. The molecule has 4 N–H and O–H groups in total. The van der Waals surface area contributed by atoms with Gasteiger partial charge in [-0.05, 0) is 71.8 Å². The normalized spacial score (nSPS) is 10.5. The van der Waals surface area contributed by atoms with Crippen LogP contribution in [0.4, 0.5) is 32.3 Å². The Bertz CT molecular complexity index is 2180. The topological polar surface area (TPSA) is 213 Å². The summed E-state index contributed by atoms with van der Waals surface area (Å²) in [7, 11) is 0. The van der Waals surface area contributed by atoms with Crippen LogP contribution in [0.2, 0.25) is 0 Å². The maximum absolute atomic E-state index is 13.0. The van der Waals surface area contributed by atoms with Crippen molar-refractivity contribution in [2.75, 3.05) is 10.6 Å². The van der Waals surface area contributed by atoms with Crippen LogP contribution < -0.4 is 24.8 Å². The molecule has 0 spiro atoms. The summed E-state index contributed by atoms with van der Waals surface area (Å²) in [6.45, 7) is 0. The number of phenols is 2. The highest BCUT2D eigenvalue weighted by Crippen LogP contribution is 2.37. The van der Waals surface area contributed by atoms with E-state index >= 15 is 0 Å². The first-order valence-electron chi connectivity index (χ1n) is 15.5. The number of nitrogens with one attached hydrogen (secondary N) is 2. The fraction of sp³-hybridized carbons (Fsp3) is 0. The number of benzene rings is 6. The zero-order chi connectivity index (χ0) is 37.5. The number of ether oxygens (including phenoxy) is 3. The number of hydrogen-bond donors (Lipinski definition) is 4. The third-order valence-corrected chi connectivity index (χ3v) is 7.53. The lowest BCUT2D eigenvalue weighted by molar-refractivity contribution is -0.385. The Morgan fingerprint density at radius 3 is 1.28 bits per heavy atom. The Kier molecular flexibility index (Phi) is 10.1. The lowest BCUT2D eigenvalue weighted by atomic mass is 10.0. The lowest BCUT2D eigenvalue weighted by Gasteiger charge is -2.16. The van der Waals surface area contributed by atoms with Crippen molar-refractivity contribution in [3.8, 4) is 56.8 Å². The number of hydrogen-bond acceptors (Lipinski definition) is 11. The van der Waals surface area contributed by atoms with Crippen molar-refractivity contribution in [1.82, 2.24) is 0 Å². The number of rotatable bonds is 10. The molecule has 0 fully saturated rings. The van der Waals surface area contributed by atoms with E-state index in [4.69, 9.17) is 14.2 Å². The van der Waals surface area contributed by atoms with Gasteiger partial charge < -0.3 is 24.4 Å². The van der Waals surface area contributed by atoms with Gasteiger partial charge in [0.2, 0.25) is 0 Å². The third-order valence-electron chi connectivity index (χ3n) is 7.53. The first-order chi connectivity index (χ1) is 25.5. The highest BCUT2D eigenvalue weighted by Gasteiger charge is 2.17. The van der Waals surface area contributed by atoms with E-state index in [9.17, 15) is 40.0 Å². The van der Waals surface area contributed by atoms with Gasteiger partial charge in [0.05, 0.1) is 33.4 Å². The van der Waals surface area contributed by atoms with Crippen LogP contribution in [0.1, 0.15) is 0 Å². The third kappa shape index (κ3) is 8.81. The van der Waals surface area contributed by atoms with Gasteiger partial charge in [0, 0.05) is 35.4 Å². The minimum atomic E-state index is -0.949. The summed E-state index contributed by atoms with van der Waals surface area (Å²) < 4.78 is 16.8. The van der Waals surface area contributed by atoms with E-state index in [0.29, 0.717) is 22.3 Å². The molecule has 0 bridgehead atoms. The molecule has 2 amide bonds. The van der Waals surface area contributed by atoms with Crippen molar-refractivity contribution in [2.45, 2.75) is 0 Å². The number of phenolic OH excluding ortho intramolecular Hbond substituents is 2.